The molecule has 0 bridgehead atoms. The van der Waals surface area contributed by atoms with Gasteiger partial charge < -0.3 is 20.7 Å². The van der Waals surface area contributed by atoms with Gasteiger partial charge in [0.25, 0.3) is 0 Å². The first-order chi connectivity index (χ1) is 8.22. The number of rotatable bonds is 8. The zero-order valence-corrected chi connectivity index (χ0v) is 10.2. The molecule has 1 aromatic heterocycles. The minimum absolute atomic E-state index is 0.300. The van der Waals surface area contributed by atoms with Crippen molar-refractivity contribution in [3.8, 4) is 0 Å². The summed E-state index contributed by atoms with van der Waals surface area (Å²) in [6.07, 6.45) is 5.17. The summed E-state index contributed by atoms with van der Waals surface area (Å²) in [4.78, 5) is 0. The average Bonchev–Trinajstić information content (AvgIpc) is 2.81. The van der Waals surface area contributed by atoms with E-state index in [0.29, 0.717) is 18.3 Å². The third-order valence-electron chi connectivity index (χ3n) is 2.57. The molecule has 0 fully saturated rings. The molecule has 0 aliphatic heterocycles. The lowest BCUT2D eigenvalue weighted by molar-refractivity contribution is 0.316. The normalized spacial score (nSPS) is 13.8. The van der Waals surface area contributed by atoms with Crippen LogP contribution in [0.5, 0.6) is 0 Å². The Hall–Kier alpha value is -1.49. The second kappa shape index (κ2) is 7.73. The second-order valence-electron chi connectivity index (χ2n) is 4.19. The van der Waals surface area contributed by atoms with Gasteiger partial charge in [0.15, 0.2) is 0 Å². The molecule has 1 heterocycles. The maximum absolute atomic E-state index is 8.36. The number of amidine groups is 1. The second-order valence-corrected chi connectivity index (χ2v) is 4.19. The van der Waals surface area contributed by atoms with Crippen molar-refractivity contribution in [3.63, 3.8) is 0 Å². The first-order valence-corrected chi connectivity index (χ1v) is 5.94. The van der Waals surface area contributed by atoms with Crippen LogP contribution in [0.4, 0.5) is 0 Å². The Kier molecular flexibility index (Phi) is 6.17. The average molecular weight is 239 g/mol. The Bertz CT molecular complexity index is 323. The molecule has 0 saturated heterocycles. The highest BCUT2D eigenvalue weighted by molar-refractivity contribution is 5.79. The molecule has 96 valence electrons. The highest BCUT2D eigenvalue weighted by Crippen LogP contribution is 2.04. The molecule has 0 aromatic carbocycles. The van der Waals surface area contributed by atoms with Gasteiger partial charge in [-0.2, -0.15) is 0 Å². The SMILES string of the molecule is CC(Cc1ccco1)NCCCCC(N)=NO. The topological polar surface area (TPSA) is 83.8 Å². The van der Waals surface area contributed by atoms with E-state index in [1.54, 1.807) is 6.26 Å². The number of hydrogen-bond acceptors (Lipinski definition) is 4. The number of furan rings is 1. The Labute approximate surface area is 102 Å². The van der Waals surface area contributed by atoms with E-state index in [9.17, 15) is 0 Å². The van der Waals surface area contributed by atoms with Crippen LogP contribution in [-0.4, -0.2) is 23.6 Å². The molecule has 1 aromatic rings. The van der Waals surface area contributed by atoms with Crippen molar-refractivity contribution in [1.29, 1.82) is 0 Å². The molecule has 0 radical (unpaired) electrons. The maximum atomic E-state index is 8.36. The summed E-state index contributed by atoms with van der Waals surface area (Å²) in [6, 6.07) is 4.28. The minimum atomic E-state index is 0.300. The largest absolute Gasteiger partial charge is 0.469 e. The molecule has 0 saturated carbocycles. The van der Waals surface area contributed by atoms with E-state index < -0.39 is 0 Å². The zero-order valence-electron chi connectivity index (χ0n) is 10.2. The predicted molar refractivity (Wildman–Crippen MR) is 67.1 cm³/mol. The van der Waals surface area contributed by atoms with Crippen molar-refractivity contribution >= 4 is 5.84 Å². The van der Waals surface area contributed by atoms with Crippen LogP contribution in [0.25, 0.3) is 0 Å². The number of nitrogens with zero attached hydrogens (tertiary/aromatic N) is 1. The van der Waals surface area contributed by atoms with E-state index >= 15 is 0 Å². The van der Waals surface area contributed by atoms with Crippen molar-refractivity contribution in [3.05, 3.63) is 24.2 Å². The van der Waals surface area contributed by atoms with Crippen molar-refractivity contribution in [1.82, 2.24) is 5.32 Å². The van der Waals surface area contributed by atoms with E-state index in [4.69, 9.17) is 15.4 Å². The summed E-state index contributed by atoms with van der Waals surface area (Å²) in [5.74, 6) is 1.30. The monoisotopic (exact) mass is 239 g/mol. The van der Waals surface area contributed by atoms with Crippen molar-refractivity contribution in [2.45, 2.75) is 38.6 Å². The molecule has 0 spiro atoms. The number of nitrogens with two attached hydrogens (primary N) is 1. The summed E-state index contributed by atoms with van der Waals surface area (Å²) in [7, 11) is 0. The van der Waals surface area contributed by atoms with E-state index in [2.05, 4.69) is 17.4 Å². The van der Waals surface area contributed by atoms with E-state index in [0.717, 1.165) is 31.6 Å². The lowest BCUT2D eigenvalue weighted by atomic mass is 10.2. The molecular weight excluding hydrogens is 218 g/mol. The van der Waals surface area contributed by atoms with Gasteiger partial charge in [0.05, 0.1) is 6.26 Å². The van der Waals surface area contributed by atoms with Gasteiger partial charge in [-0.25, -0.2) is 0 Å². The molecule has 1 rings (SSSR count). The van der Waals surface area contributed by atoms with Gasteiger partial charge >= 0.3 is 0 Å². The maximum Gasteiger partial charge on any atom is 0.139 e. The van der Waals surface area contributed by atoms with Gasteiger partial charge in [-0.3, -0.25) is 0 Å². The lowest BCUT2D eigenvalue weighted by Gasteiger charge is -2.11. The Morgan fingerprint density at radius 3 is 3.06 bits per heavy atom. The summed E-state index contributed by atoms with van der Waals surface area (Å²) in [5, 5.41) is 14.7. The van der Waals surface area contributed by atoms with Crippen LogP contribution in [0, 0.1) is 0 Å². The lowest BCUT2D eigenvalue weighted by Crippen LogP contribution is -2.29. The van der Waals surface area contributed by atoms with Crippen LogP contribution in [-0.2, 0) is 6.42 Å². The van der Waals surface area contributed by atoms with Gasteiger partial charge in [-0.15, -0.1) is 0 Å². The Morgan fingerprint density at radius 2 is 2.41 bits per heavy atom. The summed E-state index contributed by atoms with van der Waals surface area (Å²) < 4.78 is 5.28. The summed E-state index contributed by atoms with van der Waals surface area (Å²) in [5.41, 5.74) is 5.37. The van der Waals surface area contributed by atoms with Gasteiger partial charge in [0, 0.05) is 18.9 Å². The quantitative estimate of drug-likeness (QED) is 0.212. The first-order valence-electron chi connectivity index (χ1n) is 5.94. The molecule has 4 N–H and O–H groups in total. The van der Waals surface area contributed by atoms with E-state index in [1.807, 2.05) is 12.1 Å². The highest BCUT2D eigenvalue weighted by atomic mass is 16.4. The van der Waals surface area contributed by atoms with Crippen molar-refractivity contribution in [2.75, 3.05) is 6.54 Å². The van der Waals surface area contributed by atoms with E-state index in [1.165, 1.54) is 0 Å². The first kappa shape index (κ1) is 13.6. The molecule has 5 nitrogen and oxygen atoms in total. The third-order valence-corrected chi connectivity index (χ3v) is 2.57. The molecule has 0 aliphatic rings. The molecular formula is C12H21N3O2. The number of hydrogen-bond donors (Lipinski definition) is 3. The third kappa shape index (κ3) is 5.97. The molecule has 17 heavy (non-hydrogen) atoms. The summed E-state index contributed by atoms with van der Waals surface area (Å²) >= 11 is 0. The van der Waals surface area contributed by atoms with Gasteiger partial charge in [0.2, 0.25) is 0 Å². The number of nitrogens with one attached hydrogen (secondary N) is 1. The van der Waals surface area contributed by atoms with Crippen LogP contribution < -0.4 is 11.1 Å². The van der Waals surface area contributed by atoms with Crippen molar-refractivity contribution < 1.29 is 9.62 Å². The molecule has 1 unspecified atom stereocenters. The molecule has 5 heteroatoms. The van der Waals surface area contributed by atoms with Gasteiger partial charge in [-0.05, 0) is 38.4 Å². The Balaban J connectivity index is 2.02. The van der Waals surface area contributed by atoms with Crippen LogP contribution in [0.1, 0.15) is 31.9 Å². The summed E-state index contributed by atoms with van der Waals surface area (Å²) in [6.45, 7) is 3.06. The Morgan fingerprint density at radius 1 is 1.59 bits per heavy atom. The molecule has 1 atom stereocenters. The van der Waals surface area contributed by atoms with Crippen LogP contribution in [0.2, 0.25) is 0 Å². The van der Waals surface area contributed by atoms with E-state index in [-0.39, 0.29) is 0 Å². The molecule has 0 aliphatic carbocycles. The van der Waals surface area contributed by atoms with Crippen molar-refractivity contribution in [2.24, 2.45) is 10.9 Å². The highest BCUT2D eigenvalue weighted by Gasteiger charge is 2.04. The standard InChI is InChI=1S/C12H21N3O2/c1-10(9-11-5-4-8-17-11)14-7-3-2-6-12(13)15-16/h4-5,8,10,14,16H,2-3,6-7,9H2,1H3,(H2,13,15). The number of oxime groups is 1. The fourth-order valence-electron chi connectivity index (χ4n) is 1.63. The fraction of sp³-hybridized carbons (Fsp3) is 0.583. The predicted octanol–water partition coefficient (Wildman–Crippen LogP) is 1.72. The van der Waals surface area contributed by atoms with Gasteiger partial charge in [0.1, 0.15) is 11.6 Å². The van der Waals surface area contributed by atoms with Gasteiger partial charge in [-0.1, -0.05) is 5.16 Å². The fourth-order valence-corrected chi connectivity index (χ4v) is 1.63. The van der Waals surface area contributed by atoms with Crippen LogP contribution in [0.15, 0.2) is 28.0 Å². The number of unbranched alkanes of at least 4 members (excludes halogenated alkanes) is 1. The minimum Gasteiger partial charge on any atom is -0.469 e. The molecule has 0 amide bonds. The van der Waals surface area contributed by atoms with Crippen LogP contribution >= 0.6 is 0 Å². The zero-order chi connectivity index (χ0) is 12.5. The van der Waals surface area contributed by atoms with Crippen LogP contribution in [0.3, 0.4) is 0 Å². The smallest absolute Gasteiger partial charge is 0.139 e.